The van der Waals surface area contributed by atoms with Crippen LogP contribution < -0.4 is 16.6 Å². The maximum Gasteiger partial charge on any atom is 0.330 e. The summed E-state index contributed by atoms with van der Waals surface area (Å²) in [5.41, 5.74) is 1.27. The standard InChI is InChI=1S/C16H20BrN3O2/c1-11(8-12-4-6-14(17)7-5-12)18-9-13-10-19(2)16(22)20(3)15(13)21/h4-7,10-11,18H,8-9H2,1-3H3. The van der Waals surface area contributed by atoms with Crippen LogP contribution in [0.3, 0.4) is 0 Å². The molecule has 1 unspecified atom stereocenters. The summed E-state index contributed by atoms with van der Waals surface area (Å²) < 4.78 is 3.62. The number of nitrogens with one attached hydrogen (secondary N) is 1. The molecule has 1 heterocycles. The van der Waals surface area contributed by atoms with Crippen molar-refractivity contribution in [3.05, 3.63) is 66.9 Å². The zero-order valence-electron chi connectivity index (χ0n) is 13.0. The number of aryl methyl sites for hydroxylation is 1. The van der Waals surface area contributed by atoms with E-state index < -0.39 is 0 Å². The van der Waals surface area contributed by atoms with Crippen molar-refractivity contribution in [2.45, 2.75) is 25.9 Å². The second-order valence-corrected chi connectivity index (χ2v) is 6.44. The van der Waals surface area contributed by atoms with Gasteiger partial charge in [0.05, 0.1) is 0 Å². The Hall–Kier alpha value is -1.66. The molecule has 2 rings (SSSR count). The van der Waals surface area contributed by atoms with Crippen LogP contribution in [0.15, 0.2) is 44.5 Å². The number of nitrogens with zero attached hydrogens (tertiary/aromatic N) is 2. The Labute approximate surface area is 137 Å². The van der Waals surface area contributed by atoms with Gasteiger partial charge in [-0.05, 0) is 31.0 Å². The maximum absolute atomic E-state index is 12.1. The van der Waals surface area contributed by atoms with Gasteiger partial charge in [-0.25, -0.2) is 4.79 Å². The number of benzene rings is 1. The van der Waals surface area contributed by atoms with Crippen LogP contribution in [0.25, 0.3) is 0 Å². The highest BCUT2D eigenvalue weighted by Gasteiger charge is 2.09. The van der Waals surface area contributed by atoms with Gasteiger partial charge in [-0.15, -0.1) is 0 Å². The van der Waals surface area contributed by atoms with Crippen molar-refractivity contribution in [1.29, 1.82) is 0 Å². The fraction of sp³-hybridized carbons (Fsp3) is 0.375. The van der Waals surface area contributed by atoms with Crippen molar-refractivity contribution >= 4 is 15.9 Å². The third-order valence-electron chi connectivity index (χ3n) is 3.61. The third-order valence-corrected chi connectivity index (χ3v) is 4.14. The molecule has 1 atom stereocenters. The number of aromatic nitrogens is 2. The number of hydrogen-bond acceptors (Lipinski definition) is 3. The van der Waals surface area contributed by atoms with Crippen LogP contribution in [-0.4, -0.2) is 15.2 Å². The molecule has 0 spiro atoms. The van der Waals surface area contributed by atoms with Gasteiger partial charge in [0, 0.05) is 42.9 Å². The summed E-state index contributed by atoms with van der Waals surface area (Å²) >= 11 is 3.42. The van der Waals surface area contributed by atoms with Crippen LogP contribution in [-0.2, 0) is 27.1 Å². The molecule has 2 aromatic rings. The van der Waals surface area contributed by atoms with Crippen molar-refractivity contribution in [3.63, 3.8) is 0 Å². The van der Waals surface area contributed by atoms with Gasteiger partial charge in [0.25, 0.3) is 5.56 Å². The molecule has 118 valence electrons. The van der Waals surface area contributed by atoms with E-state index in [-0.39, 0.29) is 17.3 Å². The first-order valence-electron chi connectivity index (χ1n) is 7.12. The normalized spacial score (nSPS) is 12.4. The van der Waals surface area contributed by atoms with Crippen molar-refractivity contribution in [2.75, 3.05) is 0 Å². The highest BCUT2D eigenvalue weighted by Crippen LogP contribution is 2.11. The Morgan fingerprint density at radius 3 is 2.45 bits per heavy atom. The third kappa shape index (κ3) is 3.96. The van der Waals surface area contributed by atoms with Crippen LogP contribution in [0.1, 0.15) is 18.1 Å². The topological polar surface area (TPSA) is 56.0 Å². The van der Waals surface area contributed by atoms with Gasteiger partial charge in [0.1, 0.15) is 0 Å². The second kappa shape index (κ2) is 7.07. The molecule has 0 aliphatic heterocycles. The predicted octanol–water partition coefficient (Wildman–Crippen LogP) is 1.57. The lowest BCUT2D eigenvalue weighted by Crippen LogP contribution is -2.40. The van der Waals surface area contributed by atoms with Crippen molar-refractivity contribution < 1.29 is 0 Å². The summed E-state index contributed by atoms with van der Waals surface area (Å²) in [5.74, 6) is 0. The van der Waals surface area contributed by atoms with Crippen molar-refractivity contribution in [3.8, 4) is 0 Å². The summed E-state index contributed by atoms with van der Waals surface area (Å²) in [4.78, 5) is 23.7. The van der Waals surface area contributed by atoms with Gasteiger partial charge in [0.15, 0.2) is 0 Å². The van der Waals surface area contributed by atoms with Crippen molar-refractivity contribution in [1.82, 2.24) is 14.5 Å². The fourth-order valence-electron chi connectivity index (χ4n) is 2.33. The minimum absolute atomic E-state index is 0.225. The number of rotatable bonds is 5. The largest absolute Gasteiger partial charge is 0.330 e. The molecule has 0 saturated heterocycles. The van der Waals surface area contributed by atoms with Crippen LogP contribution in [0.2, 0.25) is 0 Å². The quantitative estimate of drug-likeness (QED) is 0.874. The lowest BCUT2D eigenvalue weighted by Gasteiger charge is -2.14. The van der Waals surface area contributed by atoms with E-state index in [9.17, 15) is 9.59 Å². The van der Waals surface area contributed by atoms with Gasteiger partial charge < -0.3 is 9.88 Å². The fourth-order valence-corrected chi connectivity index (χ4v) is 2.60. The summed E-state index contributed by atoms with van der Waals surface area (Å²) in [6.07, 6.45) is 2.48. The molecule has 22 heavy (non-hydrogen) atoms. The maximum atomic E-state index is 12.1. The average Bonchev–Trinajstić information content (AvgIpc) is 2.50. The summed E-state index contributed by atoms with van der Waals surface area (Å²) in [6.45, 7) is 2.52. The molecule has 5 nitrogen and oxygen atoms in total. The highest BCUT2D eigenvalue weighted by molar-refractivity contribution is 9.10. The predicted molar refractivity (Wildman–Crippen MR) is 91.1 cm³/mol. The zero-order chi connectivity index (χ0) is 16.3. The van der Waals surface area contributed by atoms with Crippen LogP contribution in [0.4, 0.5) is 0 Å². The van der Waals surface area contributed by atoms with Crippen molar-refractivity contribution in [2.24, 2.45) is 14.1 Å². The molecule has 0 fully saturated rings. The van der Waals surface area contributed by atoms with E-state index >= 15 is 0 Å². The minimum Gasteiger partial charge on any atom is -0.310 e. The molecular weight excluding hydrogens is 346 g/mol. The lowest BCUT2D eigenvalue weighted by molar-refractivity contribution is 0.534. The van der Waals surface area contributed by atoms with E-state index in [1.165, 1.54) is 17.2 Å². The summed E-state index contributed by atoms with van der Waals surface area (Å²) in [6, 6.07) is 8.42. The molecule has 0 aliphatic rings. The SMILES string of the molecule is CC(Cc1ccc(Br)cc1)NCc1cn(C)c(=O)n(C)c1=O. The molecule has 0 radical (unpaired) electrons. The lowest BCUT2D eigenvalue weighted by atomic mass is 10.1. The van der Waals surface area contributed by atoms with Gasteiger partial charge in [-0.1, -0.05) is 28.1 Å². The van der Waals surface area contributed by atoms with Crippen LogP contribution in [0, 0.1) is 0 Å². The van der Waals surface area contributed by atoms with Gasteiger partial charge in [-0.2, -0.15) is 0 Å². The first-order chi connectivity index (χ1) is 10.4. The Morgan fingerprint density at radius 1 is 1.18 bits per heavy atom. The van der Waals surface area contributed by atoms with E-state index in [1.807, 2.05) is 12.1 Å². The van der Waals surface area contributed by atoms with Gasteiger partial charge in [-0.3, -0.25) is 9.36 Å². The van der Waals surface area contributed by atoms with Gasteiger partial charge in [0.2, 0.25) is 0 Å². The molecule has 0 bridgehead atoms. The molecule has 1 N–H and O–H groups in total. The van der Waals surface area contributed by atoms with Crippen LogP contribution in [0.5, 0.6) is 0 Å². The number of hydrogen-bond donors (Lipinski definition) is 1. The van der Waals surface area contributed by atoms with Crippen LogP contribution >= 0.6 is 15.9 Å². The molecule has 1 aromatic heterocycles. The Morgan fingerprint density at radius 2 is 1.82 bits per heavy atom. The zero-order valence-corrected chi connectivity index (χ0v) is 14.6. The monoisotopic (exact) mass is 365 g/mol. The summed E-state index contributed by atoms with van der Waals surface area (Å²) in [5, 5.41) is 3.34. The van der Waals surface area contributed by atoms with E-state index in [4.69, 9.17) is 0 Å². The first-order valence-corrected chi connectivity index (χ1v) is 7.91. The smallest absolute Gasteiger partial charge is 0.310 e. The van der Waals surface area contributed by atoms with E-state index in [2.05, 4.69) is 40.3 Å². The van der Waals surface area contributed by atoms with Gasteiger partial charge >= 0.3 is 5.69 Å². The Bertz CT molecular complexity index is 762. The molecule has 1 aromatic carbocycles. The minimum atomic E-state index is -0.309. The molecule has 6 heteroatoms. The molecule has 0 saturated carbocycles. The summed E-state index contributed by atoms with van der Waals surface area (Å²) in [7, 11) is 3.15. The molecular formula is C16H20BrN3O2. The number of halogens is 1. The first kappa shape index (κ1) is 16.7. The van der Waals surface area contributed by atoms with E-state index in [0.29, 0.717) is 12.1 Å². The van der Waals surface area contributed by atoms with E-state index in [0.717, 1.165) is 15.5 Å². The molecule has 0 amide bonds. The Kier molecular flexibility index (Phi) is 5.37. The highest BCUT2D eigenvalue weighted by atomic mass is 79.9. The average molecular weight is 366 g/mol. The van der Waals surface area contributed by atoms with E-state index in [1.54, 1.807) is 13.2 Å². The second-order valence-electron chi connectivity index (χ2n) is 5.52. The Balaban J connectivity index is 2.02. The molecule has 0 aliphatic carbocycles.